The third-order valence-electron chi connectivity index (χ3n) is 9.66. The Morgan fingerprint density at radius 1 is 0.635 bits per heavy atom. The Balaban J connectivity index is 0.000000299. The average Bonchev–Trinajstić information content (AvgIpc) is 3.25. The molecule has 22 heteroatoms. The summed E-state index contributed by atoms with van der Waals surface area (Å²) in [7, 11) is -6.04. The number of hydrogen-bond donors (Lipinski definition) is 2. The third-order valence-corrected chi connectivity index (χ3v) is 16.2. The molecule has 2 N–H and O–H groups in total. The largest absolute Gasteiger partial charge is 0.481 e. The Labute approximate surface area is 390 Å². The van der Waals surface area contributed by atoms with E-state index < -0.39 is 46.9 Å². The van der Waals surface area contributed by atoms with Crippen LogP contribution in [0.25, 0.3) is 0 Å². The van der Waals surface area contributed by atoms with E-state index in [1.807, 2.05) is 6.92 Å². The van der Waals surface area contributed by atoms with E-state index in [4.69, 9.17) is 60.1 Å². The molecule has 3 saturated heterocycles. The van der Waals surface area contributed by atoms with Gasteiger partial charge in [0.05, 0.1) is 46.0 Å². The first-order chi connectivity index (χ1) is 29.2. The van der Waals surface area contributed by atoms with E-state index in [0.29, 0.717) is 52.0 Å². The molecule has 3 aliphatic rings. The molecule has 3 unspecified atom stereocenters. The Morgan fingerprint density at radius 2 is 1.02 bits per heavy atom. The number of hydrogen-bond acceptors (Lipinski definition) is 12. The number of piperidine rings is 3. The molecule has 3 aliphatic heterocycles. The van der Waals surface area contributed by atoms with E-state index in [2.05, 4.69) is 5.32 Å². The lowest BCUT2D eigenvalue weighted by atomic mass is 10.0. The number of nitrogens with zero attached hydrogens (tertiary/aromatic N) is 2. The van der Waals surface area contributed by atoms with Crippen molar-refractivity contribution in [3.63, 3.8) is 0 Å². The van der Waals surface area contributed by atoms with Crippen LogP contribution in [0.4, 0.5) is 0 Å². The van der Waals surface area contributed by atoms with Gasteiger partial charge in [0.1, 0.15) is 14.7 Å². The number of sulfonamides is 2. The van der Waals surface area contributed by atoms with Crippen molar-refractivity contribution in [3.05, 3.63) is 87.9 Å². The predicted octanol–water partition coefficient (Wildman–Crippen LogP) is 7.58. The lowest BCUT2D eigenvalue weighted by Gasteiger charge is -2.30. The van der Waals surface area contributed by atoms with Crippen LogP contribution in [-0.4, -0.2) is 109 Å². The molecule has 3 fully saturated rings. The number of benzene rings is 3. The first kappa shape index (κ1) is 56.1. The first-order valence-electron chi connectivity index (χ1n) is 19.7. The van der Waals surface area contributed by atoms with Gasteiger partial charge in [0.2, 0.25) is 20.0 Å². The number of carboxylic acid groups (broad SMARTS) is 1. The fourth-order valence-corrected chi connectivity index (χ4v) is 12.1. The molecule has 3 aromatic rings. The van der Waals surface area contributed by atoms with Gasteiger partial charge in [0.15, 0.2) is 0 Å². The lowest BCUT2D eigenvalue weighted by Crippen LogP contribution is -2.42. The highest BCUT2D eigenvalue weighted by Crippen LogP contribution is 2.30. The maximum atomic E-state index is 12.6. The number of carbonyl (C=O) groups is 3. The van der Waals surface area contributed by atoms with Gasteiger partial charge in [0.25, 0.3) is 9.05 Å². The van der Waals surface area contributed by atoms with Crippen LogP contribution in [0, 0.1) is 17.8 Å². The Morgan fingerprint density at radius 3 is 1.38 bits per heavy atom. The molecule has 0 bridgehead atoms. The van der Waals surface area contributed by atoms with Crippen LogP contribution in [0.2, 0.25) is 15.1 Å². The first-order valence-corrected chi connectivity index (χ1v) is 26.0. The van der Waals surface area contributed by atoms with E-state index in [9.17, 15) is 39.6 Å². The predicted molar refractivity (Wildman–Crippen MR) is 244 cm³/mol. The van der Waals surface area contributed by atoms with Gasteiger partial charge in [-0.2, -0.15) is 8.61 Å². The number of halogens is 4. The van der Waals surface area contributed by atoms with Crippen molar-refractivity contribution < 1.29 is 54.2 Å². The second-order valence-electron chi connectivity index (χ2n) is 14.0. The van der Waals surface area contributed by atoms with E-state index in [1.165, 1.54) is 38.9 Å². The number of rotatable bonds is 10. The molecule has 6 rings (SSSR count). The lowest BCUT2D eigenvalue weighted by molar-refractivity contribution is -0.149. The third kappa shape index (κ3) is 17.0. The molecule has 0 amide bonds. The molecule has 0 radical (unpaired) electrons. The van der Waals surface area contributed by atoms with E-state index in [1.54, 1.807) is 49.4 Å². The maximum absolute atomic E-state index is 12.6. The van der Waals surface area contributed by atoms with Gasteiger partial charge in [-0.1, -0.05) is 78.6 Å². The topological polar surface area (TPSA) is 211 Å². The van der Waals surface area contributed by atoms with Crippen LogP contribution in [0.3, 0.4) is 0 Å². The van der Waals surface area contributed by atoms with Crippen molar-refractivity contribution in [2.75, 3.05) is 52.5 Å². The van der Waals surface area contributed by atoms with Crippen molar-refractivity contribution in [1.29, 1.82) is 0 Å². The van der Waals surface area contributed by atoms with Gasteiger partial charge >= 0.3 is 17.9 Å². The number of aliphatic carboxylic acids is 1. The van der Waals surface area contributed by atoms with Gasteiger partial charge in [-0.25, -0.2) is 25.3 Å². The van der Waals surface area contributed by atoms with Crippen molar-refractivity contribution in [3.8, 4) is 0 Å². The molecule has 3 heterocycles. The number of esters is 2. The normalized spacial score (nSPS) is 19.4. The Bertz CT molecular complexity index is 2300. The van der Waals surface area contributed by atoms with Gasteiger partial charge in [0, 0.05) is 43.4 Å². The summed E-state index contributed by atoms with van der Waals surface area (Å²) in [5.74, 6) is -2.29. The summed E-state index contributed by atoms with van der Waals surface area (Å²) in [6.07, 6.45) is 4.39. The average molecular weight is 1020 g/mol. The molecule has 15 nitrogen and oxygen atoms in total. The van der Waals surface area contributed by atoms with Crippen molar-refractivity contribution in [2.45, 2.75) is 74.5 Å². The number of carboxylic acids is 1. The molecule has 3 aromatic carbocycles. The highest BCUT2D eigenvalue weighted by atomic mass is 35.7. The Hall–Kier alpha value is -3.04. The summed E-state index contributed by atoms with van der Waals surface area (Å²) in [4.78, 5) is 34.0. The van der Waals surface area contributed by atoms with Crippen LogP contribution >= 0.6 is 45.5 Å². The standard InChI is InChI=1S/C14H18ClNO4S.C12H14ClNO4S.C8H15NO2.C6H4Cl2O2S.CH4/c1-2-20-14(17)11-6-5-9-16(10-11)21(18,19)13-8-4-3-7-12(13)15;13-10-5-1-2-6-11(10)19(17,18)14-7-3-4-9(8-14)12(15)16;1-2-11-8(10)7-4-3-5-9-6-7;7-5-3-1-2-4-6(5)11(8,9)10;/h3-4,7-8,11H,2,5-6,9-10H2,1H3;1-2,5-6,9H,3-4,7-8H2,(H,15,16);7,9H,2-6H2,1H3;1-4H;1H4. The maximum Gasteiger partial charge on any atom is 0.310 e. The van der Waals surface area contributed by atoms with Crippen molar-refractivity contribution in [1.82, 2.24) is 13.9 Å². The Kier molecular flexibility index (Phi) is 23.9. The van der Waals surface area contributed by atoms with Gasteiger partial charge < -0.3 is 19.9 Å². The van der Waals surface area contributed by atoms with Crippen LogP contribution in [0.5, 0.6) is 0 Å². The second-order valence-corrected chi connectivity index (χ2v) is 21.6. The van der Waals surface area contributed by atoms with Crippen LogP contribution in [0.1, 0.15) is 59.8 Å². The summed E-state index contributed by atoms with van der Waals surface area (Å²) in [5, 5.41) is 12.7. The zero-order chi connectivity index (χ0) is 46.1. The zero-order valence-corrected chi connectivity index (χ0v) is 39.6. The molecule has 0 saturated carbocycles. The van der Waals surface area contributed by atoms with Gasteiger partial charge in [-0.3, -0.25) is 14.4 Å². The summed E-state index contributed by atoms with van der Waals surface area (Å²) >= 11 is 17.4. The fourth-order valence-electron chi connectivity index (χ4n) is 6.52. The highest BCUT2D eigenvalue weighted by Gasteiger charge is 2.36. The monoisotopic (exact) mass is 1020 g/mol. The molecular formula is C41H55Cl4N3O12S3. The minimum Gasteiger partial charge on any atom is -0.481 e. The number of nitrogens with one attached hydrogen (secondary N) is 1. The minimum absolute atomic E-state index is 0. The summed E-state index contributed by atoms with van der Waals surface area (Å²) in [5.41, 5.74) is 0. The van der Waals surface area contributed by atoms with Crippen LogP contribution < -0.4 is 5.32 Å². The summed E-state index contributed by atoms with van der Waals surface area (Å²) in [6.45, 7) is 7.07. The molecule has 0 aromatic heterocycles. The van der Waals surface area contributed by atoms with Crippen LogP contribution in [0.15, 0.2) is 87.5 Å². The second kappa shape index (κ2) is 26.8. The van der Waals surface area contributed by atoms with E-state index in [0.717, 1.165) is 25.9 Å². The SMILES string of the molecule is C.CCOC(=O)C1CCCN(S(=O)(=O)c2ccccc2Cl)C1.CCOC(=O)C1CCCNC1.O=C(O)C1CCCN(S(=O)(=O)c2ccccc2Cl)C1.O=S(=O)(Cl)c1ccccc1Cl. The molecule has 0 aliphatic carbocycles. The van der Waals surface area contributed by atoms with E-state index in [-0.39, 0.29) is 68.1 Å². The van der Waals surface area contributed by atoms with Crippen LogP contribution in [-0.2, 0) is 53.0 Å². The molecular weight excluding hydrogens is 964 g/mol. The molecule has 3 atom stereocenters. The minimum atomic E-state index is -3.72. The molecule has 352 valence electrons. The summed E-state index contributed by atoms with van der Waals surface area (Å²) < 4.78 is 84.0. The number of carbonyl (C=O) groups excluding carboxylic acids is 2. The quantitative estimate of drug-likeness (QED) is 0.148. The smallest absolute Gasteiger partial charge is 0.310 e. The summed E-state index contributed by atoms with van der Waals surface area (Å²) in [6, 6.07) is 18.5. The van der Waals surface area contributed by atoms with Gasteiger partial charge in [-0.15, -0.1) is 0 Å². The molecule has 63 heavy (non-hydrogen) atoms. The van der Waals surface area contributed by atoms with E-state index >= 15 is 0 Å². The van der Waals surface area contributed by atoms with Crippen molar-refractivity contribution >= 4 is 92.5 Å². The van der Waals surface area contributed by atoms with Gasteiger partial charge in [-0.05, 0) is 95.3 Å². The van der Waals surface area contributed by atoms with Crippen molar-refractivity contribution in [2.24, 2.45) is 17.8 Å². The highest BCUT2D eigenvalue weighted by molar-refractivity contribution is 8.13. The molecule has 0 spiro atoms. The zero-order valence-electron chi connectivity index (χ0n) is 34.1. The number of ether oxygens (including phenoxy) is 2. The fraction of sp³-hybridized carbons (Fsp3) is 0.488.